The summed E-state index contributed by atoms with van der Waals surface area (Å²) in [7, 11) is 0. The predicted molar refractivity (Wildman–Crippen MR) is 118 cm³/mol. The molecule has 1 spiro atoms. The minimum atomic E-state index is -0.00473. The molecule has 0 amide bonds. The third-order valence-electron chi connectivity index (χ3n) is 7.73. The van der Waals surface area contributed by atoms with E-state index in [4.69, 9.17) is 11.6 Å². The molecule has 3 aliphatic carbocycles. The molecule has 3 aliphatic rings. The number of hydrogen-bond donors (Lipinski definition) is 0. The maximum Gasteiger partial charge on any atom is 0.0487 e. The van der Waals surface area contributed by atoms with Gasteiger partial charge in [-0.1, -0.05) is 93.2 Å². The Balaban J connectivity index is 1.77. The Kier molecular flexibility index (Phi) is 3.32. The molecule has 140 valence electrons. The monoisotopic (exact) mass is 384 g/mol. The van der Waals surface area contributed by atoms with Crippen molar-refractivity contribution in [2.45, 2.75) is 56.8 Å². The van der Waals surface area contributed by atoms with E-state index >= 15 is 0 Å². The van der Waals surface area contributed by atoms with Gasteiger partial charge in [0, 0.05) is 21.4 Å². The zero-order chi connectivity index (χ0) is 19.1. The summed E-state index contributed by atoms with van der Waals surface area (Å²) in [6.45, 7) is 4.71. The van der Waals surface area contributed by atoms with Crippen LogP contribution in [0.1, 0.15) is 68.2 Å². The van der Waals surface area contributed by atoms with Crippen molar-refractivity contribution in [3.8, 4) is 22.3 Å². The summed E-state index contributed by atoms with van der Waals surface area (Å²) < 4.78 is 0. The number of halogens is 1. The van der Waals surface area contributed by atoms with Crippen LogP contribution >= 0.6 is 11.6 Å². The van der Waals surface area contributed by atoms with Gasteiger partial charge in [-0.05, 0) is 57.9 Å². The summed E-state index contributed by atoms with van der Waals surface area (Å²) in [5.41, 5.74) is 11.7. The van der Waals surface area contributed by atoms with Gasteiger partial charge in [0.05, 0.1) is 0 Å². The van der Waals surface area contributed by atoms with Crippen LogP contribution in [-0.4, -0.2) is 0 Å². The summed E-state index contributed by atoms with van der Waals surface area (Å²) in [6, 6.07) is 20.4. The Labute approximate surface area is 172 Å². The Bertz CT molecular complexity index is 1130. The van der Waals surface area contributed by atoms with Gasteiger partial charge >= 0.3 is 0 Å². The highest BCUT2D eigenvalue weighted by Gasteiger charge is 2.49. The average Bonchev–Trinajstić information content (AvgIpc) is 3.11. The van der Waals surface area contributed by atoms with Crippen LogP contribution in [0.3, 0.4) is 0 Å². The Morgan fingerprint density at radius 3 is 2.21 bits per heavy atom. The van der Waals surface area contributed by atoms with Crippen molar-refractivity contribution in [3.05, 3.63) is 81.9 Å². The van der Waals surface area contributed by atoms with Gasteiger partial charge in [0.25, 0.3) is 0 Å². The molecular weight excluding hydrogens is 360 g/mol. The fourth-order valence-corrected chi connectivity index (χ4v) is 6.76. The van der Waals surface area contributed by atoms with E-state index in [1.807, 2.05) is 0 Å². The minimum absolute atomic E-state index is 0.00473. The van der Waals surface area contributed by atoms with Crippen molar-refractivity contribution >= 4 is 11.6 Å². The third kappa shape index (κ3) is 1.88. The molecule has 1 fully saturated rings. The van der Waals surface area contributed by atoms with Gasteiger partial charge in [0.1, 0.15) is 0 Å². The molecule has 0 heterocycles. The lowest BCUT2D eigenvalue weighted by Gasteiger charge is -2.37. The van der Waals surface area contributed by atoms with Crippen LogP contribution < -0.4 is 0 Å². The van der Waals surface area contributed by atoms with Gasteiger partial charge in [0.2, 0.25) is 0 Å². The molecule has 0 nitrogen and oxygen atoms in total. The molecule has 0 aliphatic heterocycles. The maximum atomic E-state index is 6.87. The quantitative estimate of drug-likeness (QED) is 0.369. The van der Waals surface area contributed by atoms with Crippen LogP contribution in [-0.2, 0) is 10.8 Å². The van der Waals surface area contributed by atoms with Crippen LogP contribution in [0.15, 0.2) is 54.6 Å². The minimum Gasteiger partial charge on any atom is -0.0837 e. The van der Waals surface area contributed by atoms with Gasteiger partial charge in [-0.3, -0.25) is 0 Å². The van der Waals surface area contributed by atoms with E-state index in [1.165, 1.54) is 65.5 Å². The number of fused-ring (bicyclic) bond motifs is 9. The third-order valence-corrected chi connectivity index (χ3v) is 8.05. The first-order valence-corrected chi connectivity index (χ1v) is 11.0. The topological polar surface area (TPSA) is 0 Å². The van der Waals surface area contributed by atoms with Crippen LogP contribution in [0.4, 0.5) is 0 Å². The highest BCUT2D eigenvalue weighted by atomic mass is 35.5. The van der Waals surface area contributed by atoms with Crippen molar-refractivity contribution in [1.82, 2.24) is 0 Å². The van der Waals surface area contributed by atoms with Crippen molar-refractivity contribution in [2.75, 3.05) is 0 Å². The van der Waals surface area contributed by atoms with Crippen LogP contribution in [0, 0.1) is 0 Å². The summed E-state index contributed by atoms with van der Waals surface area (Å²) in [6.07, 6.45) is 6.50. The zero-order valence-corrected chi connectivity index (χ0v) is 17.4. The second kappa shape index (κ2) is 5.51. The average molecular weight is 385 g/mol. The summed E-state index contributed by atoms with van der Waals surface area (Å²) in [5, 5.41) is 0.902. The number of rotatable bonds is 0. The van der Waals surface area contributed by atoms with Crippen LogP contribution in [0.2, 0.25) is 5.02 Å². The van der Waals surface area contributed by atoms with Gasteiger partial charge in [0.15, 0.2) is 0 Å². The summed E-state index contributed by atoms with van der Waals surface area (Å²) in [4.78, 5) is 0. The molecule has 0 radical (unpaired) electrons. The lowest BCUT2D eigenvalue weighted by molar-refractivity contribution is 0.353. The van der Waals surface area contributed by atoms with Gasteiger partial charge in [-0.25, -0.2) is 0 Å². The second-order valence-corrected chi connectivity index (χ2v) is 9.79. The van der Waals surface area contributed by atoms with Gasteiger partial charge in [-0.15, -0.1) is 0 Å². The van der Waals surface area contributed by atoms with E-state index in [0.717, 1.165) is 5.02 Å². The van der Waals surface area contributed by atoms with E-state index in [9.17, 15) is 0 Å². The largest absolute Gasteiger partial charge is 0.0837 e. The number of hydrogen-bond acceptors (Lipinski definition) is 0. The summed E-state index contributed by atoms with van der Waals surface area (Å²) >= 11 is 6.87. The van der Waals surface area contributed by atoms with Crippen molar-refractivity contribution in [1.29, 1.82) is 0 Å². The molecule has 0 atom stereocenters. The van der Waals surface area contributed by atoms with Gasteiger partial charge in [-0.2, -0.15) is 0 Å². The molecule has 0 aromatic heterocycles. The molecule has 1 heteroatoms. The smallest absolute Gasteiger partial charge is 0.0487 e. The predicted octanol–water partition coefficient (Wildman–Crippen LogP) is 7.88. The van der Waals surface area contributed by atoms with Crippen molar-refractivity contribution in [2.24, 2.45) is 0 Å². The highest BCUT2D eigenvalue weighted by Crippen LogP contribution is 2.63. The molecule has 28 heavy (non-hydrogen) atoms. The van der Waals surface area contributed by atoms with Crippen LogP contribution in [0.5, 0.6) is 0 Å². The first-order valence-electron chi connectivity index (χ1n) is 10.6. The second-order valence-electron chi connectivity index (χ2n) is 9.39. The lowest BCUT2D eigenvalue weighted by Crippen LogP contribution is -2.29. The molecule has 1 saturated carbocycles. The molecule has 6 rings (SSSR count). The normalized spacial score (nSPS) is 19.8. The molecule has 3 aromatic carbocycles. The number of benzene rings is 3. The molecule has 3 aromatic rings. The van der Waals surface area contributed by atoms with E-state index in [1.54, 1.807) is 11.1 Å². The van der Waals surface area contributed by atoms with Crippen molar-refractivity contribution in [3.63, 3.8) is 0 Å². The van der Waals surface area contributed by atoms with E-state index < -0.39 is 0 Å². The standard InChI is InChI=1S/C27H25Cl/c1-26(2)20-11-8-12-22(28)23(20)24-21(26)14-13-18-17-9-4-5-10-19(17)27(25(18)24)15-6-3-7-16-27/h4-5,8-14H,3,6-7,15-16H2,1-2H3. The molecular formula is C27H25Cl. The molecule has 0 saturated heterocycles. The highest BCUT2D eigenvalue weighted by molar-refractivity contribution is 6.34. The zero-order valence-electron chi connectivity index (χ0n) is 16.6. The van der Waals surface area contributed by atoms with E-state index in [0.29, 0.717) is 0 Å². The molecule has 0 bridgehead atoms. The first-order chi connectivity index (χ1) is 13.6. The Morgan fingerprint density at radius 1 is 0.679 bits per heavy atom. The lowest BCUT2D eigenvalue weighted by atomic mass is 9.66. The SMILES string of the molecule is CC1(C)c2cccc(Cl)c2-c2c1ccc1c2C2(CCCCC2)c2ccccc2-1. The van der Waals surface area contributed by atoms with E-state index in [-0.39, 0.29) is 10.8 Å². The Morgan fingerprint density at radius 2 is 1.39 bits per heavy atom. The van der Waals surface area contributed by atoms with Crippen LogP contribution in [0.25, 0.3) is 22.3 Å². The first kappa shape index (κ1) is 16.9. The molecule has 0 unspecified atom stereocenters. The van der Waals surface area contributed by atoms with Gasteiger partial charge < -0.3 is 0 Å². The Hall–Kier alpha value is -2.05. The maximum absolute atomic E-state index is 6.87. The van der Waals surface area contributed by atoms with E-state index in [2.05, 4.69) is 68.4 Å². The van der Waals surface area contributed by atoms with Crippen molar-refractivity contribution < 1.29 is 0 Å². The fourth-order valence-electron chi connectivity index (χ4n) is 6.49. The fraction of sp³-hybridized carbons (Fsp3) is 0.333. The molecule has 0 N–H and O–H groups in total. The summed E-state index contributed by atoms with van der Waals surface area (Å²) in [5.74, 6) is 0.